The van der Waals surface area contributed by atoms with Gasteiger partial charge in [-0.25, -0.2) is 4.39 Å². The molecule has 19 heavy (non-hydrogen) atoms. The van der Waals surface area contributed by atoms with Crippen LogP contribution in [0.2, 0.25) is 5.02 Å². The topological polar surface area (TPSA) is 12.0 Å². The molecule has 1 nitrogen and oxygen atoms in total. The first-order valence-corrected chi connectivity index (χ1v) is 7.46. The lowest BCUT2D eigenvalue weighted by molar-refractivity contribution is 0.204. The molecule has 0 bridgehead atoms. The number of hydrogen-bond acceptors (Lipinski definition) is 1. The first-order valence-electron chi connectivity index (χ1n) is 7.08. The summed E-state index contributed by atoms with van der Waals surface area (Å²) < 4.78 is 14.0. The normalized spacial score (nSPS) is 18.6. The van der Waals surface area contributed by atoms with E-state index in [2.05, 4.69) is 26.1 Å². The number of halogens is 2. The van der Waals surface area contributed by atoms with Crippen LogP contribution in [0, 0.1) is 17.2 Å². The molecule has 0 saturated heterocycles. The third kappa shape index (κ3) is 3.70. The molecule has 106 valence electrons. The zero-order valence-electron chi connectivity index (χ0n) is 12.0. The maximum atomic E-state index is 14.0. The molecule has 1 atom stereocenters. The van der Waals surface area contributed by atoms with Crippen molar-refractivity contribution in [2.45, 2.75) is 46.1 Å². The van der Waals surface area contributed by atoms with E-state index in [9.17, 15) is 4.39 Å². The Hall–Kier alpha value is -0.600. The van der Waals surface area contributed by atoms with Gasteiger partial charge in [0.2, 0.25) is 0 Å². The molecule has 0 aliphatic heterocycles. The van der Waals surface area contributed by atoms with Gasteiger partial charge in [0.1, 0.15) is 5.82 Å². The molecule has 0 aromatic heterocycles. The summed E-state index contributed by atoms with van der Waals surface area (Å²) in [6.45, 7) is 7.53. The first kappa shape index (κ1) is 14.8. The van der Waals surface area contributed by atoms with Crippen molar-refractivity contribution in [1.82, 2.24) is 5.32 Å². The zero-order valence-corrected chi connectivity index (χ0v) is 12.7. The third-order valence-electron chi connectivity index (χ3n) is 4.41. The second-order valence-electron chi connectivity index (χ2n) is 6.34. The van der Waals surface area contributed by atoms with E-state index < -0.39 is 0 Å². The summed E-state index contributed by atoms with van der Waals surface area (Å²) in [6.07, 6.45) is 3.22. The molecule has 1 aromatic carbocycles. The molecule has 0 spiro atoms. The lowest BCUT2D eigenvalue weighted by Crippen LogP contribution is -2.39. The quantitative estimate of drug-likeness (QED) is 0.814. The Kier molecular flexibility index (Phi) is 4.52. The molecule has 1 saturated carbocycles. The molecule has 3 heteroatoms. The van der Waals surface area contributed by atoms with E-state index in [1.807, 2.05) is 0 Å². The Morgan fingerprint density at radius 1 is 1.42 bits per heavy atom. The minimum Gasteiger partial charge on any atom is -0.313 e. The predicted octanol–water partition coefficient (Wildman–Crippen LogP) is 4.44. The molecule has 1 aliphatic rings. The molecular formula is C16H23ClFN. The summed E-state index contributed by atoms with van der Waals surface area (Å²) in [5.74, 6) is 0.278. The average Bonchev–Trinajstić information content (AvgIpc) is 3.15. The van der Waals surface area contributed by atoms with Crippen LogP contribution in [0.1, 0.15) is 39.2 Å². The van der Waals surface area contributed by atoms with Crippen LogP contribution in [0.5, 0.6) is 0 Å². The lowest BCUT2D eigenvalue weighted by atomic mass is 9.74. The first-order chi connectivity index (χ1) is 8.92. The minimum absolute atomic E-state index is 0.0222. The highest BCUT2D eigenvalue weighted by atomic mass is 35.5. The van der Waals surface area contributed by atoms with Crippen LogP contribution in [0.3, 0.4) is 0 Å². The van der Waals surface area contributed by atoms with Crippen molar-refractivity contribution in [1.29, 1.82) is 0 Å². The molecule has 0 amide bonds. The Morgan fingerprint density at radius 3 is 2.63 bits per heavy atom. The lowest BCUT2D eigenvalue weighted by Gasteiger charge is -2.35. The van der Waals surface area contributed by atoms with Gasteiger partial charge in [-0.1, -0.05) is 38.4 Å². The van der Waals surface area contributed by atoms with Gasteiger partial charge in [-0.2, -0.15) is 0 Å². The fraction of sp³-hybridized carbons (Fsp3) is 0.625. The Labute approximate surface area is 120 Å². The molecule has 1 N–H and O–H groups in total. The van der Waals surface area contributed by atoms with E-state index in [1.165, 1.54) is 18.9 Å². The highest BCUT2D eigenvalue weighted by molar-refractivity contribution is 6.31. The van der Waals surface area contributed by atoms with Crippen LogP contribution < -0.4 is 5.32 Å². The predicted molar refractivity (Wildman–Crippen MR) is 79.1 cm³/mol. The Bertz CT molecular complexity index is 422. The van der Waals surface area contributed by atoms with Gasteiger partial charge in [0.15, 0.2) is 0 Å². The van der Waals surface area contributed by atoms with Crippen molar-refractivity contribution in [3.8, 4) is 0 Å². The van der Waals surface area contributed by atoms with E-state index in [-0.39, 0.29) is 11.2 Å². The van der Waals surface area contributed by atoms with Gasteiger partial charge in [0, 0.05) is 23.2 Å². The molecule has 1 aliphatic carbocycles. The summed E-state index contributed by atoms with van der Waals surface area (Å²) >= 11 is 6.15. The third-order valence-corrected chi connectivity index (χ3v) is 4.76. The van der Waals surface area contributed by atoms with Gasteiger partial charge < -0.3 is 5.32 Å². The van der Waals surface area contributed by atoms with Crippen molar-refractivity contribution in [3.05, 3.63) is 34.6 Å². The van der Waals surface area contributed by atoms with Crippen molar-refractivity contribution in [2.24, 2.45) is 11.3 Å². The fourth-order valence-corrected chi connectivity index (χ4v) is 2.47. The number of hydrogen-bond donors (Lipinski definition) is 1. The van der Waals surface area contributed by atoms with Crippen LogP contribution in [0.25, 0.3) is 0 Å². The van der Waals surface area contributed by atoms with E-state index in [0.29, 0.717) is 29.0 Å². The molecule has 1 unspecified atom stereocenters. The van der Waals surface area contributed by atoms with Gasteiger partial charge in [-0.05, 0) is 42.7 Å². The molecule has 2 rings (SSSR count). The summed E-state index contributed by atoms with van der Waals surface area (Å²) in [6, 6.07) is 5.61. The average molecular weight is 284 g/mol. The van der Waals surface area contributed by atoms with Crippen LogP contribution in [0.4, 0.5) is 4.39 Å². The monoisotopic (exact) mass is 283 g/mol. The highest BCUT2D eigenvalue weighted by Crippen LogP contribution is 2.35. The van der Waals surface area contributed by atoms with Crippen LogP contribution in [-0.4, -0.2) is 12.6 Å². The van der Waals surface area contributed by atoms with Gasteiger partial charge in [0.25, 0.3) is 0 Å². The Balaban J connectivity index is 2.14. The van der Waals surface area contributed by atoms with Crippen LogP contribution in [-0.2, 0) is 6.42 Å². The highest BCUT2D eigenvalue weighted by Gasteiger charge is 2.32. The van der Waals surface area contributed by atoms with Gasteiger partial charge in [-0.3, -0.25) is 0 Å². The molecule has 1 fully saturated rings. The maximum Gasteiger partial charge on any atom is 0.127 e. The van der Waals surface area contributed by atoms with E-state index in [4.69, 9.17) is 11.6 Å². The van der Waals surface area contributed by atoms with E-state index in [0.717, 1.165) is 6.54 Å². The van der Waals surface area contributed by atoms with Gasteiger partial charge in [-0.15, -0.1) is 0 Å². The van der Waals surface area contributed by atoms with E-state index in [1.54, 1.807) is 12.1 Å². The smallest absolute Gasteiger partial charge is 0.127 e. The van der Waals surface area contributed by atoms with Crippen LogP contribution in [0.15, 0.2) is 18.2 Å². The second kappa shape index (κ2) is 5.80. The van der Waals surface area contributed by atoms with Crippen molar-refractivity contribution in [3.63, 3.8) is 0 Å². The summed E-state index contributed by atoms with van der Waals surface area (Å²) in [7, 11) is 0. The SMILES string of the molecule is CC(C)C(C)(CNC1CC1)Cc1c(F)cccc1Cl. The summed E-state index contributed by atoms with van der Waals surface area (Å²) in [4.78, 5) is 0. The van der Waals surface area contributed by atoms with Crippen molar-refractivity contribution < 1.29 is 4.39 Å². The number of rotatable bonds is 6. The zero-order chi connectivity index (χ0) is 14.0. The van der Waals surface area contributed by atoms with Crippen LogP contribution >= 0.6 is 11.6 Å². The van der Waals surface area contributed by atoms with Gasteiger partial charge >= 0.3 is 0 Å². The maximum absolute atomic E-state index is 14.0. The molecule has 1 aromatic rings. The summed E-state index contributed by atoms with van der Waals surface area (Å²) in [5, 5.41) is 4.11. The molecule has 0 heterocycles. The number of nitrogens with one attached hydrogen (secondary N) is 1. The van der Waals surface area contributed by atoms with Gasteiger partial charge in [0.05, 0.1) is 0 Å². The largest absolute Gasteiger partial charge is 0.313 e. The minimum atomic E-state index is -0.189. The summed E-state index contributed by atoms with van der Waals surface area (Å²) in [5.41, 5.74) is 0.673. The van der Waals surface area contributed by atoms with Crippen molar-refractivity contribution >= 4 is 11.6 Å². The molecular weight excluding hydrogens is 261 g/mol. The number of benzene rings is 1. The fourth-order valence-electron chi connectivity index (χ4n) is 2.24. The van der Waals surface area contributed by atoms with Crippen molar-refractivity contribution in [2.75, 3.05) is 6.54 Å². The Morgan fingerprint density at radius 2 is 2.11 bits per heavy atom. The molecule has 0 radical (unpaired) electrons. The van der Waals surface area contributed by atoms with E-state index >= 15 is 0 Å². The standard InChI is InChI=1S/C16H23ClFN/c1-11(2)16(3,10-19-12-7-8-12)9-13-14(17)5-4-6-15(13)18/h4-6,11-12,19H,7-10H2,1-3H3. The second-order valence-corrected chi connectivity index (χ2v) is 6.75.